The predicted octanol–water partition coefficient (Wildman–Crippen LogP) is 2.04. The largest absolute Gasteiger partial charge is 0.385 e. The molecular formula is C9H8ClFO2. The number of ketones is 1. The fraction of sp³-hybridized carbons (Fsp3) is 0.222. The molecule has 1 aromatic rings. The molecule has 1 unspecified atom stereocenters. The van der Waals surface area contributed by atoms with Crippen molar-refractivity contribution in [2.45, 2.75) is 13.0 Å². The highest BCUT2D eigenvalue weighted by Gasteiger charge is 2.15. The van der Waals surface area contributed by atoms with E-state index in [9.17, 15) is 9.18 Å². The van der Waals surface area contributed by atoms with E-state index in [1.54, 1.807) is 0 Å². The van der Waals surface area contributed by atoms with Gasteiger partial charge in [0.1, 0.15) is 11.9 Å². The van der Waals surface area contributed by atoms with Crippen molar-refractivity contribution in [2.75, 3.05) is 0 Å². The summed E-state index contributed by atoms with van der Waals surface area (Å²) in [6.45, 7) is 1.31. The van der Waals surface area contributed by atoms with Gasteiger partial charge in [-0.05, 0) is 25.1 Å². The summed E-state index contributed by atoms with van der Waals surface area (Å²) in [6.07, 6.45) is -1.17. The molecule has 0 fully saturated rings. The molecule has 1 rings (SSSR count). The number of carbonyl (C=O) groups is 1. The first kappa shape index (κ1) is 10.2. The van der Waals surface area contributed by atoms with Gasteiger partial charge in [-0.15, -0.1) is 0 Å². The van der Waals surface area contributed by atoms with Crippen molar-refractivity contribution >= 4 is 17.4 Å². The zero-order valence-corrected chi connectivity index (χ0v) is 7.68. The Labute approximate surface area is 80.0 Å². The van der Waals surface area contributed by atoms with Crippen molar-refractivity contribution in [3.05, 3.63) is 34.6 Å². The Morgan fingerprint density at radius 3 is 2.77 bits per heavy atom. The maximum atomic E-state index is 12.7. The number of benzene rings is 1. The summed E-state index contributed by atoms with van der Waals surface area (Å²) in [7, 11) is 0. The van der Waals surface area contributed by atoms with Gasteiger partial charge in [0.15, 0.2) is 5.78 Å². The number of aliphatic hydroxyl groups excluding tert-OH is 1. The standard InChI is InChI=1S/C9H8ClFO2/c1-5(12)9(13)7-4-6(11)2-3-8(7)10/h2-5,12H,1H3. The smallest absolute Gasteiger partial charge is 0.192 e. The summed E-state index contributed by atoms with van der Waals surface area (Å²) in [5, 5.41) is 9.10. The molecule has 4 heteroatoms. The lowest BCUT2D eigenvalue weighted by atomic mass is 10.1. The van der Waals surface area contributed by atoms with Crippen LogP contribution in [0.5, 0.6) is 0 Å². The van der Waals surface area contributed by atoms with Crippen LogP contribution in [0.15, 0.2) is 18.2 Å². The molecule has 0 bridgehead atoms. The van der Waals surface area contributed by atoms with Crippen LogP contribution in [-0.2, 0) is 0 Å². The number of hydrogen-bond acceptors (Lipinski definition) is 2. The van der Waals surface area contributed by atoms with E-state index in [0.29, 0.717) is 0 Å². The monoisotopic (exact) mass is 202 g/mol. The van der Waals surface area contributed by atoms with Gasteiger partial charge in [-0.25, -0.2) is 4.39 Å². The highest BCUT2D eigenvalue weighted by molar-refractivity contribution is 6.34. The van der Waals surface area contributed by atoms with E-state index in [4.69, 9.17) is 16.7 Å². The van der Waals surface area contributed by atoms with E-state index in [2.05, 4.69) is 0 Å². The van der Waals surface area contributed by atoms with Crippen molar-refractivity contribution in [2.24, 2.45) is 0 Å². The molecular weight excluding hydrogens is 195 g/mol. The second-order valence-corrected chi connectivity index (χ2v) is 3.07. The van der Waals surface area contributed by atoms with Gasteiger partial charge < -0.3 is 5.11 Å². The van der Waals surface area contributed by atoms with E-state index >= 15 is 0 Å². The number of Topliss-reactive ketones (excluding diaryl/α,β-unsaturated/α-hetero) is 1. The van der Waals surface area contributed by atoms with Crippen molar-refractivity contribution in [1.29, 1.82) is 0 Å². The molecule has 0 saturated carbocycles. The molecule has 0 aromatic heterocycles. The molecule has 2 nitrogen and oxygen atoms in total. The number of carbonyl (C=O) groups excluding carboxylic acids is 1. The van der Waals surface area contributed by atoms with Crippen LogP contribution in [0.4, 0.5) is 4.39 Å². The Balaban J connectivity index is 3.13. The summed E-state index contributed by atoms with van der Waals surface area (Å²) in [4.78, 5) is 11.2. The van der Waals surface area contributed by atoms with E-state index in [1.165, 1.54) is 13.0 Å². The maximum absolute atomic E-state index is 12.7. The van der Waals surface area contributed by atoms with Crippen LogP contribution in [0.2, 0.25) is 5.02 Å². The molecule has 0 saturated heterocycles. The molecule has 0 radical (unpaired) electrons. The minimum absolute atomic E-state index is 0.0108. The number of hydrogen-bond donors (Lipinski definition) is 1. The van der Waals surface area contributed by atoms with Crippen LogP contribution in [0.3, 0.4) is 0 Å². The number of rotatable bonds is 2. The minimum atomic E-state index is -1.17. The van der Waals surface area contributed by atoms with Crippen LogP contribution < -0.4 is 0 Å². The number of halogens is 2. The Morgan fingerprint density at radius 1 is 1.62 bits per heavy atom. The lowest BCUT2D eigenvalue weighted by Gasteiger charge is -2.05. The van der Waals surface area contributed by atoms with Crippen LogP contribution in [-0.4, -0.2) is 17.0 Å². The molecule has 0 heterocycles. The van der Waals surface area contributed by atoms with Gasteiger partial charge in [-0.3, -0.25) is 4.79 Å². The van der Waals surface area contributed by atoms with Gasteiger partial charge in [-0.1, -0.05) is 11.6 Å². The normalized spacial score (nSPS) is 12.6. The molecule has 0 amide bonds. The Bertz CT molecular complexity index is 336. The molecule has 1 atom stereocenters. The lowest BCUT2D eigenvalue weighted by Crippen LogP contribution is -2.16. The summed E-state index contributed by atoms with van der Waals surface area (Å²) in [5.41, 5.74) is 0.0108. The van der Waals surface area contributed by atoms with Crippen LogP contribution in [0, 0.1) is 5.82 Å². The summed E-state index contributed by atoms with van der Waals surface area (Å²) in [6, 6.07) is 3.45. The SMILES string of the molecule is CC(O)C(=O)c1cc(F)ccc1Cl. The fourth-order valence-corrected chi connectivity index (χ4v) is 1.12. The van der Waals surface area contributed by atoms with Crippen molar-refractivity contribution in [3.8, 4) is 0 Å². The van der Waals surface area contributed by atoms with Crippen molar-refractivity contribution in [3.63, 3.8) is 0 Å². The molecule has 70 valence electrons. The van der Waals surface area contributed by atoms with Crippen LogP contribution in [0.25, 0.3) is 0 Å². The summed E-state index contributed by atoms with van der Waals surface area (Å²) >= 11 is 5.64. The molecule has 1 aromatic carbocycles. The highest BCUT2D eigenvalue weighted by Crippen LogP contribution is 2.18. The predicted molar refractivity (Wildman–Crippen MR) is 47.4 cm³/mol. The van der Waals surface area contributed by atoms with Crippen molar-refractivity contribution in [1.82, 2.24) is 0 Å². The topological polar surface area (TPSA) is 37.3 Å². The third-order valence-electron chi connectivity index (χ3n) is 1.57. The summed E-state index contributed by atoms with van der Waals surface area (Å²) < 4.78 is 12.7. The van der Waals surface area contributed by atoms with Gasteiger partial charge in [-0.2, -0.15) is 0 Å². The third-order valence-corrected chi connectivity index (χ3v) is 1.90. The van der Waals surface area contributed by atoms with Crippen molar-refractivity contribution < 1.29 is 14.3 Å². The van der Waals surface area contributed by atoms with Gasteiger partial charge >= 0.3 is 0 Å². The first-order chi connectivity index (χ1) is 6.02. The van der Waals surface area contributed by atoms with E-state index in [0.717, 1.165) is 12.1 Å². The maximum Gasteiger partial charge on any atom is 0.192 e. The third kappa shape index (κ3) is 2.26. The molecule has 0 aliphatic heterocycles. The number of aliphatic hydroxyl groups is 1. The summed E-state index contributed by atoms with van der Waals surface area (Å²) in [5.74, 6) is -1.13. The lowest BCUT2D eigenvalue weighted by molar-refractivity contribution is 0.0779. The van der Waals surface area contributed by atoms with Crippen LogP contribution >= 0.6 is 11.6 Å². The van der Waals surface area contributed by atoms with Gasteiger partial charge in [0.2, 0.25) is 0 Å². The molecule has 13 heavy (non-hydrogen) atoms. The molecule has 0 aliphatic carbocycles. The van der Waals surface area contributed by atoms with Crippen LogP contribution in [0.1, 0.15) is 17.3 Å². The molecule has 1 N–H and O–H groups in total. The zero-order valence-electron chi connectivity index (χ0n) is 6.92. The van der Waals surface area contributed by atoms with Gasteiger partial charge in [0.05, 0.1) is 5.02 Å². The van der Waals surface area contributed by atoms with Gasteiger partial charge in [0, 0.05) is 5.56 Å². The van der Waals surface area contributed by atoms with E-state index < -0.39 is 17.7 Å². The zero-order chi connectivity index (χ0) is 10.0. The van der Waals surface area contributed by atoms with E-state index in [-0.39, 0.29) is 10.6 Å². The Hall–Kier alpha value is -0.930. The second-order valence-electron chi connectivity index (χ2n) is 2.66. The van der Waals surface area contributed by atoms with Gasteiger partial charge in [0.25, 0.3) is 0 Å². The Kier molecular flexibility index (Phi) is 3.01. The highest BCUT2D eigenvalue weighted by atomic mass is 35.5. The average molecular weight is 203 g/mol. The fourth-order valence-electron chi connectivity index (χ4n) is 0.911. The molecule has 0 spiro atoms. The minimum Gasteiger partial charge on any atom is -0.385 e. The van der Waals surface area contributed by atoms with E-state index in [1.807, 2.05) is 0 Å². The first-order valence-corrected chi connectivity index (χ1v) is 4.07. The molecule has 0 aliphatic rings. The average Bonchev–Trinajstić information content (AvgIpc) is 2.08. The Morgan fingerprint density at radius 2 is 2.23 bits per heavy atom. The second kappa shape index (κ2) is 3.85. The quantitative estimate of drug-likeness (QED) is 0.746. The first-order valence-electron chi connectivity index (χ1n) is 3.69.